The van der Waals surface area contributed by atoms with E-state index in [0.717, 1.165) is 27.9 Å². The number of carbonyl (C=O) groups is 2. The van der Waals surface area contributed by atoms with Crippen LogP contribution in [-0.4, -0.2) is 18.1 Å². The number of anilines is 1. The Kier molecular flexibility index (Phi) is 9.79. The monoisotopic (exact) mass is 572 g/mol. The molecule has 1 fully saturated rings. The molecule has 1 aliphatic rings. The summed E-state index contributed by atoms with van der Waals surface area (Å²) in [5.74, 6) is 0.0875. The van der Waals surface area contributed by atoms with Crippen LogP contribution in [0.1, 0.15) is 65.1 Å². The lowest BCUT2D eigenvalue weighted by Gasteiger charge is -2.26. The van der Waals surface area contributed by atoms with E-state index in [2.05, 4.69) is 64.1 Å². The molecule has 4 aromatic rings. The maximum atomic E-state index is 13.8. The summed E-state index contributed by atoms with van der Waals surface area (Å²) in [7, 11) is 0. The normalized spacial score (nSPS) is 14.0. The molecule has 0 radical (unpaired) electrons. The highest BCUT2D eigenvalue weighted by Gasteiger charge is 2.20. The molecule has 0 aliphatic heterocycles. The van der Waals surface area contributed by atoms with E-state index in [0.29, 0.717) is 18.0 Å². The largest absolute Gasteiger partial charge is 0.309 e. The summed E-state index contributed by atoms with van der Waals surface area (Å²) in [6, 6.07) is 33.7. The van der Waals surface area contributed by atoms with E-state index >= 15 is 0 Å². The topological polar surface area (TPSA) is 122 Å². The summed E-state index contributed by atoms with van der Waals surface area (Å²) >= 11 is 0. The second-order valence-corrected chi connectivity index (χ2v) is 10.9. The van der Waals surface area contributed by atoms with Crippen molar-refractivity contribution < 1.29 is 9.59 Å². The van der Waals surface area contributed by atoms with Gasteiger partial charge in [-0.15, -0.1) is 10.2 Å². The molecule has 0 atom stereocenters. The van der Waals surface area contributed by atoms with Crippen LogP contribution in [0.4, 0.5) is 5.69 Å². The zero-order valence-corrected chi connectivity index (χ0v) is 24.1. The standard InChI is InChI=1S/C35H36N6O2/c36-39-35(40-37)38-34(43)31-17-13-26(14-18-31)24-41(32-21-19-30(20-22-32)28-9-5-2-6-10-28)33(42)23-25-11-15-29(16-12-25)27-7-3-1-4-8-27/h1,3-4,7-8,11-22,28,35-37H,2,5-6,9-10,23-24H2,(H,38,43). The maximum absolute atomic E-state index is 13.8. The summed E-state index contributed by atoms with van der Waals surface area (Å²) in [4.78, 5) is 28.1. The van der Waals surface area contributed by atoms with Crippen molar-refractivity contribution in [2.75, 3.05) is 4.90 Å². The molecule has 5 rings (SSSR count). The van der Waals surface area contributed by atoms with Crippen LogP contribution >= 0.6 is 0 Å². The summed E-state index contributed by atoms with van der Waals surface area (Å²) in [6.45, 7) is 0.346. The first-order valence-electron chi connectivity index (χ1n) is 14.7. The molecule has 0 unspecified atom stereocenters. The lowest BCUT2D eigenvalue weighted by atomic mass is 9.84. The first kappa shape index (κ1) is 29.5. The summed E-state index contributed by atoms with van der Waals surface area (Å²) in [5.41, 5.74) is 20.6. The maximum Gasteiger partial charge on any atom is 0.254 e. The molecule has 0 saturated heterocycles. The van der Waals surface area contributed by atoms with E-state index in [4.69, 9.17) is 11.1 Å². The minimum atomic E-state index is -1.24. The first-order chi connectivity index (χ1) is 21.0. The minimum Gasteiger partial charge on any atom is -0.309 e. The second kappa shape index (κ2) is 14.3. The predicted octanol–water partition coefficient (Wildman–Crippen LogP) is 8.25. The van der Waals surface area contributed by atoms with Crippen LogP contribution in [-0.2, 0) is 17.8 Å². The van der Waals surface area contributed by atoms with Crippen LogP contribution in [0.5, 0.6) is 0 Å². The van der Waals surface area contributed by atoms with Crippen LogP contribution in [0.15, 0.2) is 113 Å². The zero-order valence-electron chi connectivity index (χ0n) is 24.1. The molecule has 218 valence electrons. The molecular weight excluding hydrogens is 536 g/mol. The Bertz CT molecular complexity index is 1520. The number of hydrogen-bond donors (Lipinski definition) is 3. The molecule has 43 heavy (non-hydrogen) atoms. The summed E-state index contributed by atoms with van der Waals surface area (Å²) < 4.78 is 0. The molecule has 0 spiro atoms. The highest BCUT2D eigenvalue weighted by molar-refractivity contribution is 5.95. The second-order valence-electron chi connectivity index (χ2n) is 10.9. The third-order valence-electron chi connectivity index (χ3n) is 8.06. The molecule has 3 N–H and O–H groups in total. The van der Waals surface area contributed by atoms with Crippen LogP contribution in [0.3, 0.4) is 0 Å². The fourth-order valence-corrected chi connectivity index (χ4v) is 5.64. The minimum absolute atomic E-state index is 0.0170. The zero-order chi connectivity index (χ0) is 30.0. The molecule has 1 saturated carbocycles. The Morgan fingerprint density at radius 2 is 1.35 bits per heavy atom. The molecule has 0 aromatic heterocycles. The van der Waals surface area contributed by atoms with Crippen LogP contribution in [0.25, 0.3) is 11.1 Å². The Morgan fingerprint density at radius 3 is 1.98 bits per heavy atom. The number of hydrogen-bond acceptors (Lipinski definition) is 6. The smallest absolute Gasteiger partial charge is 0.254 e. The van der Waals surface area contributed by atoms with Gasteiger partial charge in [0.2, 0.25) is 5.91 Å². The van der Waals surface area contributed by atoms with Crippen LogP contribution < -0.4 is 10.2 Å². The Labute approximate surface area is 252 Å². The van der Waals surface area contributed by atoms with Crippen molar-refractivity contribution >= 4 is 17.5 Å². The van der Waals surface area contributed by atoms with Crippen molar-refractivity contribution in [2.24, 2.45) is 10.2 Å². The van der Waals surface area contributed by atoms with E-state index in [1.54, 1.807) is 17.0 Å². The van der Waals surface area contributed by atoms with Gasteiger partial charge in [0.25, 0.3) is 12.2 Å². The van der Waals surface area contributed by atoms with Gasteiger partial charge in [0.1, 0.15) is 0 Å². The molecule has 0 heterocycles. The van der Waals surface area contributed by atoms with Gasteiger partial charge in [-0.3, -0.25) is 9.59 Å². The van der Waals surface area contributed by atoms with Gasteiger partial charge in [-0.2, -0.15) is 0 Å². The number of carbonyl (C=O) groups excluding carboxylic acids is 2. The Balaban J connectivity index is 1.35. The van der Waals surface area contributed by atoms with Crippen molar-refractivity contribution in [3.8, 4) is 11.1 Å². The van der Waals surface area contributed by atoms with E-state index in [-0.39, 0.29) is 12.3 Å². The van der Waals surface area contributed by atoms with E-state index < -0.39 is 12.2 Å². The van der Waals surface area contributed by atoms with Crippen molar-refractivity contribution in [3.63, 3.8) is 0 Å². The highest BCUT2D eigenvalue weighted by Crippen LogP contribution is 2.33. The third-order valence-corrected chi connectivity index (χ3v) is 8.06. The summed E-state index contributed by atoms with van der Waals surface area (Å²) in [5, 5.41) is 8.58. The first-order valence-corrected chi connectivity index (χ1v) is 14.7. The lowest BCUT2D eigenvalue weighted by molar-refractivity contribution is -0.118. The van der Waals surface area contributed by atoms with Crippen molar-refractivity contribution in [1.29, 1.82) is 11.1 Å². The fraction of sp³-hybridized carbons (Fsp3) is 0.257. The van der Waals surface area contributed by atoms with Crippen molar-refractivity contribution in [3.05, 3.63) is 125 Å². The quantitative estimate of drug-likeness (QED) is 0.157. The van der Waals surface area contributed by atoms with Gasteiger partial charge in [-0.05, 0) is 70.8 Å². The van der Waals surface area contributed by atoms with E-state index in [9.17, 15) is 9.59 Å². The van der Waals surface area contributed by atoms with Gasteiger partial charge in [0, 0.05) is 11.3 Å². The van der Waals surface area contributed by atoms with Gasteiger partial charge in [0.15, 0.2) is 0 Å². The predicted molar refractivity (Wildman–Crippen MR) is 167 cm³/mol. The number of nitrogens with one attached hydrogen (secondary N) is 3. The number of rotatable bonds is 11. The average molecular weight is 573 g/mol. The van der Waals surface area contributed by atoms with Crippen LogP contribution in [0.2, 0.25) is 0 Å². The highest BCUT2D eigenvalue weighted by atomic mass is 16.2. The molecule has 4 aromatic carbocycles. The van der Waals surface area contributed by atoms with Gasteiger partial charge >= 0.3 is 0 Å². The SMILES string of the molecule is N=NC(N=N)NC(=O)c1ccc(CN(C(=O)Cc2ccc(-c3ccccc3)cc2)c2ccc(C3CCCCC3)cc2)cc1. The lowest BCUT2D eigenvalue weighted by Crippen LogP contribution is -2.32. The molecule has 8 nitrogen and oxygen atoms in total. The Hall–Kier alpha value is -4.98. The molecular formula is C35H36N6O2. The van der Waals surface area contributed by atoms with Gasteiger partial charge in [0.05, 0.1) is 13.0 Å². The molecule has 0 bridgehead atoms. The third kappa shape index (κ3) is 7.65. The van der Waals surface area contributed by atoms with E-state index in [1.165, 1.54) is 37.7 Å². The molecule has 2 amide bonds. The molecule has 8 heteroatoms. The van der Waals surface area contributed by atoms with Crippen molar-refractivity contribution in [2.45, 2.75) is 57.3 Å². The van der Waals surface area contributed by atoms with Gasteiger partial charge in [-0.1, -0.05) is 98.1 Å². The van der Waals surface area contributed by atoms with Crippen molar-refractivity contribution in [1.82, 2.24) is 5.32 Å². The number of amides is 2. The van der Waals surface area contributed by atoms with Crippen LogP contribution in [0, 0.1) is 11.1 Å². The molecule has 1 aliphatic carbocycles. The van der Waals surface area contributed by atoms with E-state index in [1.807, 2.05) is 42.5 Å². The number of nitrogens with zero attached hydrogens (tertiary/aromatic N) is 3. The van der Waals surface area contributed by atoms with Gasteiger partial charge in [-0.25, -0.2) is 11.1 Å². The summed E-state index contributed by atoms with van der Waals surface area (Å²) in [6.07, 6.45) is 5.30. The van der Waals surface area contributed by atoms with Gasteiger partial charge < -0.3 is 10.2 Å². The average Bonchev–Trinajstić information content (AvgIpc) is 3.07. The fourth-order valence-electron chi connectivity index (χ4n) is 5.64. The number of benzene rings is 4. The Morgan fingerprint density at radius 1 is 0.744 bits per heavy atom.